The minimum absolute atomic E-state index is 0.0472. The molecule has 3 fully saturated rings. The summed E-state index contributed by atoms with van der Waals surface area (Å²) >= 11 is 1.93. The van der Waals surface area contributed by atoms with E-state index in [0.29, 0.717) is 11.8 Å². The van der Waals surface area contributed by atoms with Gasteiger partial charge in [-0.05, 0) is 126 Å². The maximum atomic E-state index is 2.70. The van der Waals surface area contributed by atoms with E-state index in [1.165, 1.54) is 117 Å². The van der Waals surface area contributed by atoms with Crippen LogP contribution in [0.4, 0.5) is 17.1 Å². The van der Waals surface area contributed by atoms with Crippen molar-refractivity contribution in [2.45, 2.75) is 82.5 Å². The maximum Gasteiger partial charge on any atom is 0.0543 e. The molecule has 55 heavy (non-hydrogen) atoms. The summed E-state index contributed by atoms with van der Waals surface area (Å²) in [6.45, 7) is 5.13. The standard InChI is InChI=1S/C53H49NS/c1-33-28-35-30-34(2)53(36(29-33)31-35)43-18-8-5-16-41(43)51-45(53)20-13-22-47(51)54(37-24-25-39-38-14-6-9-23-48(38)55-49(39)32-37)46-21-12-19-44-50(46)40-15-4-7-17-42(40)52(44)26-10-3-11-27-52/h4-9,12-25,32-36H,3,10-11,26-31H2,1-2H3/t33-,34+,35?,36+,53-/m1/s1. The van der Waals surface area contributed by atoms with Crippen LogP contribution in [0.15, 0.2) is 127 Å². The van der Waals surface area contributed by atoms with E-state index >= 15 is 0 Å². The van der Waals surface area contributed by atoms with Crippen molar-refractivity contribution in [1.29, 1.82) is 0 Å². The van der Waals surface area contributed by atoms with Crippen LogP contribution < -0.4 is 4.90 Å². The molecular weight excluding hydrogens is 683 g/mol. The Morgan fingerprint density at radius 3 is 2.02 bits per heavy atom. The normalized spacial score (nSPS) is 25.6. The molecule has 2 spiro atoms. The van der Waals surface area contributed by atoms with Crippen LogP contribution in [-0.2, 0) is 10.8 Å². The van der Waals surface area contributed by atoms with Gasteiger partial charge in [0, 0.05) is 47.8 Å². The molecule has 0 aliphatic heterocycles. The number of thiophene rings is 1. The van der Waals surface area contributed by atoms with E-state index in [2.05, 4.69) is 146 Å². The summed E-state index contributed by atoms with van der Waals surface area (Å²) < 4.78 is 2.71. The number of fused-ring (bicyclic) bond motifs is 16. The van der Waals surface area contributed by atoms with Crippen molar-refractivity contribution < 1.29 is 0 Å². The van der Waals surface area contributed by atoms with Gasteiger partial charge in [0.2, 0.25) is 0 Å². The Hall–Kier alpha value is -4.66. The predicted molar refractivity (Wildman–Crippen MR) is 233 cm³/mol. The summed E-state index contributed by atoms with van der Waals surface area (Å²) in [6, 6.07) is 50.1. The molecule has 1 nitrogen and oxygen atoms in total. The zero-order valence-corrected chi connectivity index (χ0v) is 33.0. The lowest BCUT2D eigenvalue weighted by Crippen LogP contribution is -2.49. The van der Waals surface area contributed by atoms with E-state index in [9.17, 15) is 0 Å². The number of nitrogens with zero attached hydrogens (tertiary/aromatic N) is 1. The third-order valence-corrected chi connectivity index (χ3v) is 16.5. The molecule has 7 aromatic rings. The minimum Gasteiger partial charge on any atom is -0.309 e. The van der Waals surface area contributed by atoms with E-state index in [1.807, 2.05) is 11.3 Å². The van der Waals surface area contributed by atoms with Crippen LogP contribution in [0.2, 0.25) is 0 Å². The highest BCUT2D eigenvalue weighted by Gasteiger charge is 2.57. The average molecular weight is 732 g/mol. The van der Waals surface area contributed by atoms with Crippen molar-refractivity contribution in [1.82, 2.24) is 0 Å². The molecule has 0 saturated heterocycles. The molecule has 0 radical (unpaired) electrons. The van der Waals surface area contributed by atoms with E-state index in [4.69, 9.17) is 0 Å². The van der Waals surface area contributed by atoms with Crippen molar-refractivity contribution in [2.24, 2.45) is 23.7 Å². The van der Waals surface area contributed by atoms with Crippen LogP contribution in [-0.4, -0.2) is 0 Å². The first kappa shape index (κ1) is 32.6. The Morgan fingerprint density at radius 1 is 0.545 bits per heavy atom. The topological polar surface area (TPSA) is 3.24 Å². The summed E-state index contributed by atoms with van der Waals surface area (Å²) in [6.07, 6.45) is 11.9. The Labute approximate surface area is 330 Å². The van der Waals surface area contributed by atoms with Gasteiger partial charge in [-0.2, -0.15) is 0 Å². The molecule has 12 rings (SSSR count). The van der Waals surface area contributed by atoms with Gasteiger partial charge in [-0.15, -0.1) is 11.3 Å². The van der Waals surface area contributed by atoms with Gasteiger partial charge in [-0.3, -0.25) is 0 Å². The fraction of sp³-hybridized carbons (Fsp3) is 0.321. The van der Waals surface area contributed by atoms with Crippen LogP contribution in [0.5, 0.6) is 0 Å². The largest absolute Gasteiger partial charge is 0.309 e. The maximum absolute atomic E-state index is 2.70. The highest BCUT2D eigenvalue weighted by atomic mass is 32.1. The monoisotopic (exact) mass is 731 g/mol. The van der Waals surface area contributed by atoms with E-state index in [-0.39, 0.29) is 10.8 Å². The molecule has 0 N–H and O–H groups in total. The van der Waals surface area contributed by atoms with Crippen molar-refractivity contribution in [3.05, 3.63) is 150 Å². The van der Waals surface area contributed by atoms with Gasteiger partial charge in [0.05, 0.1) is 11.4 Å². The molecule has 1 aromatic heterocycles. The molecule has 272 valence electrons. The first-order valence-electron chi connectivity index (χ1n) is 21.2. The second-order valence-corrected chi connectivity index (χ2v) is 19.2. The van der Waals surface area contributed by atoms with Gasteiger partial charge >= 0.3 is 0 Å². The van der Waals surface area contributed by atoms with Gasteiger partial charge in [0.25, 0.3) is 0 Å². The molecule has 3 saturated carbocycles. The SMILES string of the molecule is C[C@@H]1CC2C[C@H](C1)[C@@]1(c3ccccc3-c3c(N(c4ccc5c(c4)sc4ccccc45)c4cccc5c4-c4ccccc4C54CCCCC4)cccc31)[C@@H](C)C2. The van der Waals surface area contributed by atoms with Gasteiger partial charge in [-0.1, -0.05) is 130 Å². The predicted octanol–water partition coefficient (Wildman–Crippen LogP) is 15.1. The smallest absolute Gasteiger partial charge is 0.0543 e. The molecule has 5 aliphatic rings. The summed E-state index contributed by atoms with van der Waals surface area (Å²) in [5.74, 6) is 2.92. The van der Waals surface area contributed by atoms with E-state index in [1.54, 1.807) is 22.3 Å². The second kappa shape index (κ2) is 11.9. The van der Waals surface area contributed by atoms with Crippen LogP contribution in [0.3, 0.4) is 0 Å². The first-order chi connectivity index (χ1) is 27.1. The third-order valence-electron chi connectivity index (χ3n) is 15.4. The number of anilines is 3. The average Bonchev–Trinajstić information content (AvgIpc) is 3.83. The summed E-state index contributed by atoms with van der Waals surface area (Å²) in [7, 11) is 0. The molecule has 2 heteroatoms. The lowest BCUT2D eigenvalue weighted by molar-refractivity contribution is 0.0426. The number of hydrogen-bond acceptors (Lipinski definition) is 2. The van der Waals surface area contributed by atoms with Crippen molar-refractivity contribution in [3.8, 4) is 22.3 Å². The van der Waals surface area contributed by atoms with Crippen LogP contribution in [0.1, 0.15) is 93.9 Å². The molecule has 5 aliphatic carbocycles. The fourth-order valence-corrected chi connectivity index (χ4v) is 14.7. The second-order valence-electron chi connectivity index (χ2n) is 18.1. The Bertz CT molecular complexity index is 2670. The number of rotatable bonds is 3. The van der Waals surface area contributed by atoms with Crippen LogP contribution >= 0.6 is 11.3 Å². The molecular formula is C53H49NS. The minimum atomic E-state index is 0.0472. The van der Waals surface area contributed by atoms with Crippen molar-refractivity contribution >= 4 is 48.6 Å². The molecule has 0 amide bonds. The van der Waals surface area contributed by atoms with Gasteiger partial charge < -0.3 is 4.90 Å². The molecule has 1 unspecified atom stereocenters. The van der Waals surface area contributed by atoms with Crippen molar-refractivity contribution in [2.75, 3.05) is 4.90 Å². The molecule has 6 aromatic carbocycles. The summed E-state index contributed by atoms with van der Waals surface area (Å²) in [4.78, 5) is 2.70. The zero-order valence-electron chi connectivity index (χ0n) is 32.2. The van der Waals surface area contributed by atoms with E-state index in [0.717, 1.165) is 11.8 Å². The van der Waals surface area contributed by atoms with Crippen molar-refractivity contribution in [3.63, 3.8) is 0 Å². The van der Waals surface area contributed by atoms with Crippen LogP contribution in [0.25, 0.3) is 42.4 Å². The van der Waals surface area contributed by atoms with Gasteiger partial charge in [0.15, 0.2) is 0 Å². The highest BCUT2D eigenvalue weighted by molar-refractivity contribution is 7.25. The Balaban J connectivity index is 1.16. The molecule has 1 heterocycles. The van der Waals surface area contributed by atoms with Crippen LogP contribution in [0, 0.1) is 23.7 Å². The number of benzene rings is 6. The Morgan fingerprint density at radius 2 is 1.20 bits per heavy atom. The fourth-order valence-electron chi connectivity index (χ4n) is 13.6. The lowest BCUT2D eigenvalue weighted by Gasteiger charge is -2.54. The summed E-state index contributed by atoms with van der Waals surface area (Å²) in [5.41, 5.74) is 16.1. The van der Waals surface area contributed by atoms with Gasteiger partial charge in [0.1, 0.15) is 0 Å². The zero-order chi connectivity index (χ0) is 36.5. The highest BCUT2D eigenvalue weighted by Crippen LogP contribution is 2.67. The lowest BCUT2D eigenvalue weighted by atomic mass is 9.49. The van der Waals surface area contributed by atoms with E-state index < -0.39 is 0 Å². The number of hydrogen-bond donors (Lipinski definition) is 0. The third kappa shape index (κ3) is 4.36. The molecule has 2 bridgehead atoms. The summed E-state index contributed by atoms with van der Waals surface area (Å²) in [5, 5.41) is 2.71. The molecule has 5 atom stereocenters. The first-order valence-corrected chi connectivity index (χ1v) is 22.1. The quantitative estimate of drug-likeness (QED) is 0.175. The Kier molecular flexibility index (Phi) is 7.06. The van der Waals surface area contributed by atoms with Gasteiger partial charge in [-0.25, -0.2) is 0 Å².